The van der Waals surface area contributed by atoms with Crippen LogP contribution in [0, 0.1) is 28.7 Å². The number of benzene rings is 2. The minimum atomic E-state index is -1.33. The topological polar surface area (TPSA) is 130 Å². The largest absolute Gasteiger partial charge is 0.478 e. The molecule has 0 saturated carbocycles. The number of carboxylic acids is 1. The van der Waals surface area contributed by atoms with Gasteiger partial charge in [-0.1, -0.05) is 30.7 Å². The smallest absolute Gasteiger partial charge is 0.335 e. The van der Waals surface area contributed by atoms with Gasteiger partial charge in [0.15, 0.2) is 17.5 Å². The highest BCUT2D eigenvalue weighted by atomic mass is 35.5. The minimum Gasteiger partial charge on any atom is -0.478 e. The highest BCUT2D eigenvalue weighted by Crippen LogP contribution is 2.41. The molecular weight excluding hydrogens is 682 g/mol. The van der Waals surface area contributed by atoms with Gasteiger partial charge in [0, 0.05) is 35.2 Å². The molecule has 1 fully saturated rings. The van der Waals surface area contributed by atoms with Crippen molar-refractivity contribution in [1.29, 1.82) is 0 Å². The SMILES string of the molecule is CC1(C)COC[C@H]1n1c(Cc2cc(F)c(-c3ccc(F)c(OCc4cnc(-n5ccnn5)cc4Cl)n3)cc2F)nc2c(F)cc(C(=O)O)cc21. The average molecular weight is 708 g/mol. The molecule has 0 bridgehead atoms. The normalized spacial score (nSPS) is 15.5. The van der Waals surface area contributed by atoms with Gasteiger partial charge in [0.05, 0.1) is 53.4 Å². The van der Waals surface area contributed by atoms with E-state index >= 15 is 13.2 Å². The number of aromatic nitrogens is 7. The van der Waals surface area contributed by atoms with E-state index in [4.69, 9.17) is 21.1 Å². The van der Waals surface area contributed by atoms with E-state index in [1.807, 2.05) is 13.8 Å². The molecule has 50 heavy (non-hydrogen) atoms. The Balaban J connectivity index is 1.18. The van der Waals surface area contributed by atoms with Crippen LogP contribution in [0.3, 0.4) is 0 Å². The Hall–Kier alpha value is -5.41. The van der Waals surface area contributed by atoms with Crippen LogP contribution in [0.15, 0.2) is 61.1 Å². The molecule has 4 aromatic heterocycles. The first-order valence-corrected chi connectivity index (χ1v) is 15.6. The van der Waals surface area contributed by atoms with Gasteiger partial charge >= 0.3 is 5.97 Å². The monoisotopic (exact) mass is 707 g/mol. The van der Waals surface area contributed by atoms with E-state index < -0.39 is 46.6 Å². The van der Waals surface area contributed by atoms with E-state index in [0.29, 0.717) is 18.0 Å². The molecule has 16 heteroatoms. The molecular formula is C34H26ClF4N7O4. The van der Waals surface area contributed by atoms with Crippen molar-refractivity contribution in [2.75, 3.05) is 13.2 Å². The van der Waals surface area contributed by atoms with Crippen LogP contribution in [-0.4, -0.2) is 58.8 Å². The second kappa shape index (κ2) is 12.8. The molecule has 11 nitrogen and oxygen atoms in total. The standard InChI is InChI=1S/C34H26ClF4N7O4/c1-34(2)16-49-15-28(34)46-27-9-18(33(47)48)8-25(39)31(27)43-30(46)10-17-7-24(38)20(11-23(17)37)26-4-3-22(36)32(42-26)50-14-19-13-40-29(12-21(19)35)45-6-5-41-44-45/h3-9,11-13,28H,10,14-16H2,1-2H3,(H,47,48)/t28-/m1/s1. The number of hydrogen-bond acceptors (Lipinski definition) is 8. The maximum absolute atomic E-state index is 15.8. The summed E-state index contributed by atoms with van der Waals surface area (Å²) in [6.45, 7) is 4.22. The minimum absolute atomic E-state index is 0.100. The summed E-state index contributed by atoms with van der Waals surface area (Å²) in [4.78, 5) is 24.5. The van der Waals surface area contributed by atoms with E-state index in [1.54, 1.807) is 10.8 Å². The summed E-state index contributed by atoms with van der Waals surface area (Å²) in [7, 11) is 0. The lowest BCUT2D eigenvalue weighted by Crippen LogP contribution is -2.27. The summed E-state index contributed by atoms with van der Waals surface area (Å²) in [6, 6.07) is 7.40. The second-order valence-electron chi connectivity index (χ2n) is 12.4. The number of nitrogens with zero attached hydrogens (tertiary/aromatic N) is 7. The molecule has 1 aliphatic heterocycles. The lowest BCUT2D eigenvalue weighted by Gasteiger charge is -2.28. The predicted molar refractivity (Wildman–Crippen MR) is 171 cm³/mol. The number of rotatable bonds is 9. The highest BCUT2D eigenvalue weighted by molar-refractivity contribution is 6.31. The average Bonchev–Trinajstić information content (AvgIpc) is 3.81. The number of carboxylic acid groups (broad SMARTS) is 1. The molecule has 0 unspecified atom stereocenters. The number of halogens is 5. The first kappa shape index (κ1) is 33.1. The number of hydrogen-bond donors (Lipinski definition) is 1. The molecule has 1 aliphatic rings. The Labute approximate surface area is 286 Å². The van der Waals surface area contributed by atoms with Crippen LogP contribution in [-0.2, 0) is 17.8 Å². The Morgan fingerprint density at radius 2 is 1.86 bits per heavy atom. The van der Waals surface area contributed by atoms with Crippen molar-refractivity contribution in [2.24, 2.45) is 5.41 Å². The van der Waals surface area contributed by atoms with E-state index in [-0.39, 0.29) is 63.9 Å². The van der Waals surface area contributed by atoms with Crippen LogP contribution in [0.1, 0.15) is 47.2 Å². The van der Waals surface area contributed by atoms with Gasteiger partial charge in [0.2, 0.25) is 0 Å². The van der Waals surface area contributed by atoms with Gasteiger partial charge in [-0.2, -0.15) is 0 Å². The zero-order valence-electron chi connectivity index (χ0n) is 26.4. The molecule has 0 amide bonds. The third-order valence-electron chi connectivity index (χ3n) is 8.54. The number of imidazole rings is 1. The molecule has 6 aromatic rings. The highest BCUT2D eigenvalue weighted by Gasteiger charge is 2.39. The van der Waals surface area contributed by atoms with Crippen LogP contribution < -0.4 is 4.74 Å². The lowest BCUT2D eigenvalue weighted by atomic mass is 9.87. The van der Waals surface area contributed by atoms with Gasteiger partial charge in [0.1, 0.15) is 29.6 Å². The number of carbonyl (C=O) groups is 1. The zero-order chi connectivity index (χ0) is 35.3. The molecule has 7 rings (SSSR count). The third kappa shape index (κ3) is 6.13. The van der Waals surface area contributed by atoms with Crippen LogP contribution in [0.4, 0.5) is 17.6 Å². The van der Waals surface area contributed by atoms with Crippen molar-refractivity contribution < 1.29 is 36.9 Å². The van der Waals surface area contributed by atoms with Gasteiger partial charge in [-0.3, -0.25) is 0 Å². The Morgan fingerprint density at radius 3 is 2.56 bits per heavy atom. The van der Waals surface area contributed by atoms with Crippen LogP contribution in [0.25, 0.3) is 28.1 Å². The first-order chi connectivity index (χ1) is 23.9. The Bertz CT molecular complexity index is 2280. The van der Waals surface area contributed by atoms with E-state index in [0.717, 1.165) is 24.3 Å². The van der Waals surface area contributed by atoms with Crippen LogP contribution in [0.5, 0.6) is 5.88 Å². The van der Waals surface area contributed by atoms with Crippen molar-refractivity contribution in [3.63, 3.8) is 0 Å². The van der Waals surface area contributed by atoms with E-state index in [2.05, 4.69) is 25.3 Å². The molecule has 1 atom stereocenters. The molecule has 0 aliphatic carbocycles. The fraction of sp³-hybridized carbons (Fsp3) is 0.235. The Morgan fingerprint density at radius 1 is 1.04 bits per heavy atom. The lowest BCUT2D eigenvalue weighted by molar-refractivity contribution is 0.0696. The van der Waals surface area contributed by atoms with Gasteiger partial charge in [-0.05, 0) is 42.0 Å². The number of fused-ring (bicyclic) bond motifs is 1. The van der Waals surface area contributed by atoms with Crippen molar-refractivity contribution in [3.05, 3.63) is 112 Å². The van der Waals surface area contributed by atoms with E-state index in [1.165, 1.54) is 35.3 Å². The molecule has 256 valence electrons. The molecule has 0 radical (unpaired) electrons. The summed E-state index contributed by atoms with van der Waals surface area (Å²) >= 11 is 6.36. The molecule has 2 aromatic carbocycles. The molecule has 1 N–H and O–H groups in total. The first-order valence-electron chi connectivity index (χ1n) is 15.2. The van der Waals surface area contributed by atoms with Crippen LogP contribution in [0.2, 0.25) is 5.02 Å². The zero-order valence-corrected chi connectivity index (χ0v) is 27.1. The van der Waals surface area contributed by atoms with Gasteiger partial charge < -0.3 is 19.1 Å². The van der Waals surface area contributed by atoms with E-state index in [9.17, 15) is 14.3 Å². The fourth-order valence-electron chi connectivity index (χ4n) is 5.90. The van der Waals surface area contributed by atoms with Crippen LogP contribution >= 0.6 is 11.6 Å². The van der Waals surface area contributed by atoms with Crippen molar-refractivity contribution in [2.45, 2.75) is 32.9 Å². The van der Waals surface area contributed by atoms with Crippen molar-refractivity contribution in [1.82, 2.24) is 34.5 Å². The van der Waals surface area contributed by atoms with Gasteiger partial charge in [0.25, 0.3) is 5.88 Å². The number of pyridine rings is 2. The second-order valence-corrected chi connectivity index (χ2v) is 12.8. The Kier molecular flexibility index (Phi) is 8.48. The van der Waals surface area contributed by atoms with Gasteiger partial charge in [-0.15, -0.1) is 5.10 Å². The quantitative estimate of drug-likeness (QED) is 0.162. The summed E-state index contributed by atoms with van der Waals surface area (Å²) in [6.07, 6.45) is 4.21. The number of ether oxygens (including phenoxy) is 2. The maximum atomic E-state index is 15.8. The third-order valence-corrected chi connectivity index (χ3v) is 8.90. The predicted octanol–water partition coefficient (Wildman–Crippen LogP) is 6.75. The summed E-state index contributed by atoms with van der Waals surface area (Å²) in [5.74, 6) is -4.60. The fourth-order valence-corrected chi connectivity index (χ4v) is 6.10. The molecule has 5 heterocycles. The molecule has 0 spiro atoms. The van der Waals surface area contributed by atoms with Gasteiger partial charge in [-0.25, -0.2) is 42.0 Å². The summed E-state index contributed by atoms with van der Waals surface area (Å²) in [5, 5.41) is 17.4. The molecule has 1 saturated heterocycles. The number of aromatic carboxylic acids is 1. The summed E-state index contributed by atoms with van der Waals surface area (Å²) < 4.78 is 75.6. The maximum Gasteiger partial charge on any atom is 0.335 e. The van der Waals surface area contributed by atoms with Crippen molar-refractivity contribution in [3.8, 4) is 23.0 Å². The summed E-state index contributed by atoms with van der Waals surface area (Å²) in [5.41, 5.74) is -0.712. The van der Waals surface area contributed by atoms with Crippen molar-refractivity contribution >= 4 is 28.6 Å².